The van der Waals surface area contributed by atoms with Crippen molar-refractivity contribution in [3.05, 3.63) is 129 Å². The summed E-state index contributed by atoms with van der Waals surface area (Å²) in [5.41, 5.74) is 2.79. The zero-order valence-corrected chi connectivity index (χ0v) is 32.8. The first kappa shape index (κ1) is 40.7. The second-order valence-electron chi connectivity index (χ2n) is 15.1. The highest BCUT2D eigenvalue weighted by Gasteiger charge is 2.27. The fraction of sp³-hybridized carbons (Fsp3) is 0.395. The van der Waals surface area contributed by atoms with Crippen molar-refractivity contribution in [2.24, 2.45) is 5.41 Å². The Bertz CT molecular complexity index is 1670. The van der Waals surface area contributed by atoms with Crippen molar-refractivity contribution in [1.29, 1.82) is 0 Å². The summed E-state index contributed by atoms with van der Waals surface area (Å²) in [4.78, 5) is 27.5. The summed E-state index contributed by atoms with van der Waals surface area (Å²) in [5.74, 6) is 0.643. The SMILES string of the molecule is CN(CCCc1ccc(OCC(COc2ccc(C(=O)OC(C)(C)C)cc2)OC(=O)C(C)(C)C)cc1)CC(c1ccc(Cl)cc1)c1ccc(Cl)cc1. The van der Waals surface area contributed by atoms with Crippen LogP contribution in [0, 0.1) is 5.41 Å². The van der Waals surface area contributed by atoms with E-state index in [4.69, 9.17) is 42.1 Å². The van der Waals surface area contributed by atoms with Gasteiger partial charge >= 0.3 is 11.9 Å². The van der Waals surface area contributed by atoms with Gasteiger partial charge in [0.25, 0.3) is 0 Å². The third kappa shape index (κ3) is 13.5. The van der Waals surface area contributed by atoms with Crippen LogP contribution in [0.1, 0.15) is 80.9 Å². The fourth-order valence-corrected chi connectivity index (χ4v) is 5.60. The third-order valence-electron chi connectivity index (χ3n) is 8.21. The van der Waals surface area contributed by atoms with Gasteiger partial charge in [0.05, 0.1) is 11.0 Å². The van der Waals surface area contributed by atoms with Crippen LogP contribution in [-0.4, -0.2) is 61.9 Å². The molecule has 0 bridgehead atoms. The van der Waals surface area contributed by atoms with Crippen LogP contribution in [0.3, 0.4) is 0 Å². The van der Waals surface area contributed by atoms with Gasteiger partial charge in [-0.1, -0.05) is 59.6 Å². The predicted molar refractivity (Wildman–Crippen MR) is 209 cm³/mol. The van der Waals surface area contributed by atoms with Crippen LogP contribution < -0.4 is 9.47 Å². The molecule has 1 unspecified atom stereocenters. The first-order chi connectivity index (χ1) is 24.6. The summed E-state index contributed by atoms with van der Waals surface area (Å²) < 4.78 is 23.2. The average molecular weight is 749 g/mol. The number of carbonyl (C=O) groups is 2. The van der Waals surface area contributed by atoms with E-state index in [2.05, 4.69) is 48.3 Å². The van der Waals surface area contributed by atoms with Crippen LogP contribution in [0.25, 0.3) is 0 Å². The van der Waals surface area contributed by atoms with Gasteiger partial charge in [-0.05, 0) is 145 Å². The summed E-state index contributed by atoms with van der Waals surface area (Å²) >= 11 is 12.4. The molecule has 0 aromatic heterocycles. The van der Waals surface area contributed by atoms with Crippen LogP contribution in [0.4, 0.5) is 0 Å². The van der Waals surface area contributed by atoms with Crippen molar-refractivity contribution in [2.45, 2.75) is 72.0 Å². The quantitative estimate of drug-likeness (QED) is 0.106. The molecule has 0 fully saturated rings. The number of halogens is 2. The van der Waals surface area contributed by atoms with Crippen LogP contribution in [0.5, 0.6) is 11.5 Å². The number of benzene rings is 4. The van der Waals surface area contributed by atoms with Gasteiger partial charge in [-0.3, -0.25) is 4.79 Å². The van der Waals surface area contributed by atoms with Gasteiger partial charge in [-0.15, -0.1) is 0 Å². The lowest BCUT2D eigenvalue weighted by Crippen LogP contribution is -2.35. The number of carbonyl (C=O) groups excluding carboxylic acids is 2. The highest BCUT2D eigenvalue weighted by atomic mass is 35.5. The predicted octanol–water partition coefficient (Wildman–Crippen LogP) is 10.1. The topological polar surface area (TPSA) is 74.3 Å². The number of likely N-dealkylation sites (N-methyl/N-ethyl adjacent to an activating group) is 1. The second-order valence-corrected chi connectivity index (χ2v) is 16.0. The Hall–Kier alpha value is -4.04. The molecule has 0 amide bonds. The van der Waals surface area contributed by atoms with E-state index in [0.717, 1.165) is 36.0 Å². The molecular weight excluding hydrogens is 697 g/mol. The maximum Gasteiger partial charge on any atom is 0.338 e. The van der Waals surface area contributed by atoms with Crippen molar-refractivity contribution in [2.75, 3.05) is 33.4 Å². The molecule has 0 heterocycles. The molecule has 0 aliphatic rings. The monoisotopic (exact) mass is 747 g/mol. The number of hydrogen-bond donors (Lipinski definition) is 0. The minimum atomic E-state index is -0.685. The Kier molecular flexibility index (Phi) is 14.6. The molecule has 9 heteroatoms. The summed E-state index contributed by atoms with van der Waals surface area (Å²) in [6.07, 6.45) is 1.26. The number of ether oxygens (including phenoxy) is 4. The van der Waals surface area contributed by atoms with Gasteiger partial charge in [0.15, 0.2) is 6.10 Å². The molecule has 0 saturated heterocycles. The Labute approximate surface area is 319 Å². The normalized spacial score (nSPS) is 12.4. The van der Waals surface area contributed by atoms with Gasteiger partial charge in [0.1, 0.15) is 30.3 Å². The number of nitrogens with zero attached hydrogens (tertiary/aromatic N) is 1. The number of aryl methyl sites for hydroxylation is 1. The number of rotatable bonds is 16. The van der Waals surface area contributed by atoms with Gasteiger partial charge in [-0.25, -0.2) is 4.79 Å². The summed E-state index contributed by atoms with van der Waals surface area (Å²) in [6.45, 7) is 12.9. The van der Waals surface area contributed by atoms with E-state index in [-0.39, 0.29) is 25.1 Å². The fourth-order valence-electron chi connectivity index (χ4n) is 5.35. The van der Waals surface area contributed by atoms with E-state index in [1.165, 1.54) is 16.7 Å². The van der Waals surface area contributed by atoms with Gasteiger partial charge in [0.2, 0.25) is 0 Å². The molecule has 278 valence electrons. The minimum Gasteiger partial charge on any atom is -0.490 e. The lowest BCUT2D eigenvalue weighted by molar-refractivity contribution is -0.161. The Morgan fingerprint density at radius 3 is 1.63 bits per heavy atom. The second kappa shape index (κ2) is 18.6. The van der Waals surface area contributed by atoms with Gasteiger partial charge < -0.3 is 23.8 Å². The molecule has 4 aromatic carbocycles. The maximum absolute atomic E-state index is 12.8. The lowest BCUT2D eigenvalue weighted by atomic mass is 9.91. The number of esters is 2. The molecule has 0 N–H and O–H groups in total. The molecule has 0 spiro atoms. The maximum atomic E-state index is 12.8. The van der Waals surface area contributed by atoms with Gasteiger partial charge in [-0.2, -0.15) is 0 Å². The van der Waals surface area contributed by atoms with Crippen molar-refractivity contribution in [3.63, 3.8) is 0 Å². The molecule has 1 atom stereocenters. The van der Waals surface area contributed by atoms with Crippen LogP contribution >= 0.6 is 23.2 Å². The Morgan fingerprint density at radius 1 is 0.692 bits per heavy atom. The molecule has 0 radical (unpaired) electrons. The van der Waals surface area contributed by atoms with Crippen LogP contribution in [0.15, 0.2) is 97.1 Å². The third-order valence-corrected chi connectivity index (χ3v) is 8.72. The molecule has 52 heavy (non-hydrogen) atoms. The smallest absolute Gasteiger partial charge is 0.338 e. The van der Waals surface area contributed by atoms with E-state index in [0.29, 0.717) is 17.1 Å². The largest absolute Gasteiger partial charge is 0.490 e. The highest BCUT2D eigenvalue weighted by Crippen LogP contribution is 2.28. The summed E-state index contributed by atoms with van der Waals surface area (Å²) in [6, 6.07) is 30.8. The van der Waals surface area contributed by atoms with E-state index < -0.39 is 23.1 Å². The van der Waals surface area contributed by atoms with Crippen molar-refractivity contribution < 1.29 is 28.5 Å². The van der Waals surface area contributed by atoms with E-state index in [1.807, 2.05) is 57.2 Å². The minimum absolute atomic E-state index is 0.0795. The molecule has 4 aromatic rings. The summed E-state index contributed by atoms with van der Waals surface area (Å²) in [5, 5.41) is 1.45. The molecule has 7 nitrogen and oxygen atoms in total. The van der Waals surface area contributed by atoms with Crippen LogP contribution in [-0.2, 0) is 20.7 Å². The number of hydrogen-bond acceptors (Lipinski definition) is 7. The average Bonchev–Trinajstić information content (AvgIpc) is 3.09. The standard InChI is InChI=1S/C43H51Cl2NO6/c1-42(2,3)41(48)51-38(29-50-37-24-16-33(17-25-37)40(47)52-43(4,5)6)28-49-36-22-10-30(11-23-36)9-8-26-46(7)27-39(31-12-18-34(44)19-13-31)32-14-20-35(45)21-15-32/h10-25,38-39H,8-9,26-29H2,1-7H3. The van der Waals surface area contributed by atoms with Crippen molar-refractivity contribution in [3.8, 4) is 11.5 Å². The summed E-state index contributed by atoms with van der Waals surface area (Å²) in [7, 11) is 2.15. The zero-order valence-electron chi connectivity index (χ0n) is 31.3. The molecule has 0 aliphatic carbocycles. The first-order valence-electron chi connectivity index (χ1n) is 17.6. The Morgan fingerprint density at radius 2 is 1.17 bits per heavy atom. The van der Waals surface area contributed by atoms with Crippen molar-refractivity contribution in [1.82, 2.24) is 4.90 Å². The molecule has 0 saturated carbocycles. The molecule has 4 rings (SSSR count). The van der Waals surface area contributed by atoms with Crippen molar-refractivity contribution >= 4 is 35.1 Å². The molecule has 0 aliphatic heterocycles. The first-order valence-corrected chi connectivity index (χ1v) is 18.4. The zero-order chi connectivity index (χ0) is 37.9. The van der Waals surface area contributed by atoms with Gasteiger partial charge in [0, 0.05) is 22.5 Å². The highest BCUT2D eigenvalue weighted by molar-refractivity contribution is 6.30. The lowest BCUT2D eigenvalue weighted by Gasteiger charge is -2.25. The Balaban J connectivity index is 1.29. The van der Waals surface area contributed by atoms with E-state index >= 15 is 0 Å². The van der Waals surface area contributed by atoms with Crippen LogP contribution in [0.2, 0.25) is 10.0 Å². The van der Waals surface area contributed by atoms with E-state index in [9.17, 15) is 9.59 Å². The molecular formula is C43H51Cl2NO6. The van der Waals surface area contributed by atoms with E-state index in [1.54, 1.807) is 45.0 Å².